The van der Waals surface area contributed by atoms with Crippen molar-refractivity contribution in [1.82, 2.24) is 10.6 Å². The van der Waals surface area contributed by atoms with Gasteiger partial charge in [-0.3, -0.25) is 0 Å². The maximum absolute atomic E-state index is 12.0. The van der Waals surface area contributed by atoms with Crippen molar-refractivity contribution in [2.75, 3.05) is 19.6 Å². The molecule has 0 heterocycles. The number of ether oxygens (including phenoxy) is 2. The first-order valence-electron chi connectivity index (χ1n) is 10.2. The van der Waals surface area contributed by atoms with Crippen LogP contribution in [0.25, 0.3) is 0 Å². The number of carbonyl (C=O) groups excluding carboxylic acids is 2. The van der Waals surface area contributed by atoms with E-state index in [1.807, 2.05) is 13.8 Å². The van der Waals surface area contributed by atoms with Gasteiger partial charge >= 0.3 is 12.2 Å². The fourth-order valence-corrected chi connectivity index (χ4v) is 2.67. The van der Waals surface area contributed by atoms with Gasteiger partial charge in [-0.05, 0) is 46.1 Å². The van der Waals surface area contributed by atoms with Crippen molar-refractivity contribution in [3.63, 3.8) is 0 Å². The number of nitrogens with one attached hydrogen (secondary N) is 2. The molecule has 8 heteroatoms. The topological polar surface area (TPSA) is 129 Å². The summed E-state index contributed by atoms with van der Waals surface area (Å²) in [4.78, 5) is 24.0. The summed E-state index contributed by atoms with van der Waals surface area (Å²) >= 11 is 0. The summed E-state index contributed by atoms with van der Waals surface area (Å²) in [6, 6.07) is 0. The number of unbranched alkanes of at least 4 members (excludes halogenated alkanes) is 3. The highest BCUT2D eigenvalue weighted by Crippen LogP contribution is 2.25. The minimum Gasteiger partial charge on any atom is -0.444 e. The van der Waals surface area contributed by atoms with E-state index >= 15 is 0 Å². The van der Waals surface area contributed by atoms with Crippen molar-refractivity contribution in [1.29, 1.82) is 0 Å². The summed E-state index contributed by atoms with van der Waals surface area (Å²) in [6.45, 7) is 9.21. The first-order valence-corrected chi connectivity index (χ1v) is 10.2. The van der Waals surface area contributed by atoms with Crippen LogP contribution in [0.3, 0.4) is 0 Å². The van der Waals surface area contributed by atoms with Gasteiger partial charge in [0.1, 0.15) is 12.2 Å². The third kappa shape index (κ3) is 10.4. The molecular weight excluding hydrogens is 348 g/mol. The maximum Gasteiger partial charge on any atom is 0.407 e. The van der Waals surface area contributed by atoms with E-state index in [4.69, 9.17) is 20.9 Å². The lowest BCUT2D eigenvalue weighted by molar-refractivity contribution is -0.0183. The lowest BCUT2D eigenvalue weighted by Crippen LogP contribution is -2.60. The first kappa shape index (κ1) is 25.5. The third-order valence-electron chi connectivity index (χ3n) is 4.74. The monoisotopic (exact) mass is 388 g/mol. The molecule has 0 spiro atoms. The second kappa shape index (κ2) is 14.5. The van der Waals surface area contributed by atoms with Crippen LogP contribution in [0.5, 0.6) is 0 Å². The standard InChI is InChI=1S/C19H40N4O4/c1-5-7-13-22-17(24)26-15(3)19(21,11-9-10-12-20)16(4)27-18(25)23-14-8-6-2/h15-16H,5-14,20-21H2,1-4H3,(H,22,24)(H,23,25). The first-order chi connectivity index (χ1) is 12.8. The van der Waals surface area contributed by atoms with Gasteiger partial charge in [-0.25, -0.2) is 9.59 Å². The molecule has 6 N–H and O–H groups in total. The van der Waals surface area contributed by atoms with Gasteiger partial charge in [0.15, 0.2) is 0 Å². The molecule has 0 aromatic heterocycles. The Morgan fingerprint density at radius 1 is 0.889 bits per heavy atom. The van der Waals surface area contributed by atoms with Gasteiger partial charge < -0.3 is 31.6 Å². The quantitative estimate of drug-likeness (QED) is 0.339. The number of nitrogens with two attached hydrogens (primary N) is 2. The zero-order valence-electron chi connectivity index (χ0n) is 17.5. The fourth-order valence-electron chi connectivity index (χ4n) is 2.67. The molecule has 2 atom stereocenters. The number of amides is 2. The lowest BCUT2D eigenvalue weighted by atomic mass is 9.83. The van der Waals surface area contributed by atoms with Crippen molar-refractivity contribution in [3.8, 4) is 0 Å². The van der Waals surface area contributed by atoms with E-state index < -0.39 is 29.9 Å². The average molecular weight is 389 g/mol. The van der Waals surface area contributed by atoms with E-state index in [2.05, 4.69) is 10.6 Å². The molecular formula is C19H40N4O4. The molecule has 2 amide bonds. The van der Waals surface area contributed by atoms with Crippen LogP contribution < -0.4 is 22.1 Å². The van der Waals surface area contributed by atoms with Crippen molar-refractivity contribution in [3.05, 3.63) is 0 Å². The Labute approximate surface area is 164 Å². The van der Waals surface area contributed by atoms with E-state index in [0.29, 0.717) is 26.1 Å². The molecule has 0 aliphatic carbocycles. The molecule has 0 rings (SSSR count). The molecule has 0 bridgehead atoms. The number of carbonyl (C=O) groups is 2. The van der Waals surface area contributed by atoms with Crippen LogP contribution in [0.2, 0.25) is 0 Å². The van der Waals surface area contributed by atoms with Crippen LogP contribution in [0.15, 0.2) is 0 Å². The van der Waals surface area contributed by atoms with Gasteiger partial charge in [0.05, 0.1) is 5.54 Å². The average Bonchev–Trinajstić information content (AvgIpc) is 2.62. The third-order valence-corrected chi connectivity index (χ3v) is 4.74. The largest absolute Gasteiger partial charge is 0.444 e. The van der Waals surface area contributed by atoms with Crippen LogP contribution in [0.4, 0.5) is 9.59 Å². The van der Waals surface area contributed by atoms with Crippen molar-refractivity contribution in [2.24, 2.45) is 11.5 Å². The Balaban J connectivity index is 4.88. The molecule has 160 valence electrons. The molecule has 2 unspecified atom stereocenters. The van der Waals surface area contributed by atoms with Crippen molar-refractivity contribution in [2.45, 2.75) is 90.4 Å². The predicted molar refractivity (Wildman–Crippen MR) is 108 cm³/mol. The minimum atomic E-state index is -1.00. The Kier molecular flexibility index (Phi) is 13.7. The summed E-state index contributed by atoms with van der Waals surface area (Å²) in [7, 11) is 0. The maximum atomic E-state index is 12.0. The second-order valence-corrected chi connectivity index (χ2v) is 7.01. The normalized spacial score (nSPS) is 15.3. The van der Waals surface area contributed by atoms with Gasteiger partial charge in [-0.2, -0.15) is 0 Å². The molecule has 27 heavy (non-hydrogen) atoms. The lowest BCUT2D eigenvalue weighted by Gasteiger charge is -2.39. The summed E-state index contributed by atoms with van der Waals surface area (Å²) in [5.74, 6) is 0. The Hall–Kier alpha value is -1.54. The smallest absolute Gasteiger partial charge is 0.407 e. The van der Waals surface area contributed by atoms with Gasteiger partial charge in [0, 0.05) is 13.1 Å². The molecule has 0 aliphatic rings. The number of hydrogen-bond acceptors (Lipinski definition) is 6. The van der Waals surface area contributed by atoms with Gasteiger partial charge in [0.25, 0.3) is 0 Å². The van der Waals surface area contributed by atoms with Crippen LogP contribution in [0, 0.1) is 0 Å². The molecule has 0 aromatic rings. The SMILES string of the molecule is CCCCNC(=O)OC(C)C(N)(CCCCN)C(C)OC(=O)NCCCC. The molecule has 0 radical (unpaired) electrons. The van der Waals surface area contributed by atoms with Gasteiger partial charge in [-0.15, -0.1) is 0 Å². The number of alkyl carbamates (subject to hydrolysis) is 2. The van der Waals surface area contributed by atoms with Crippen LogP contribution >= 0.6 is 0 Å². The fraction of sp³-hybridized carbons (Fsp3) is 0.895. The number of rotatable bonds is 14. The van der Waals surface area contributed by atoms with E-state index in [1.54, 1.807) is 13.8 Å². The highest BCUT2D eigenvalue weighted by atomic mass is 16.6. The van der Waals surface area contributed by atoms with Crippen molar-refractivity contribution >= 4 is 12.2 Å². The number of hydrogen-bond donors (Lipinski definition) is 4. The second-order valence-electron chi connectivity index (χ2n) is 7.01. The summed E-state index contributed by atoms with van der Waals surface area (Å²) < 4.78 is 11.0. The Bertz CT molecular complexity index is 391. The zero-order valence-corrected chi connectivity index (χ0v) is 17.5. The summed E-state index contributed by atoms with van der Waals surface area (Å²) in [5, 5.41) is 5.42. The minimum absolute atomic E-state index is 0.510. The predicted octanol–water partition coefficient (Wildman–Crippen LogP) is 2.64. The van der Waals surface area contributed by atoms with Crippen LogP contribution in [0.1, 0.15) is 72.6 Å². The Morgan fingerprint density at radius 2 is 1.33 bits per heavy atom. The molecule has 8 nitrogen and oxygen atoms in total. The summed E-state index contributed by atoms with van der Waals surface area (Å²) in [6.07, 6.45) is 3.52. The molecule has 0 saturated heterocycles. The van der Waals surface area contributed by atoms with Gasteiger partial charge in [-0.1, -0.05) is 33.1 Å². The Morgan fingerprint density at radius 3 is 1.70 bits per heavy atom. The van der Waals surface area contributed by atoms with E-state index in [-0.39, 0.29) is 0 Å². The summed E-state index contributed by atoms with van der Waals surface area (Å²) in [5.41, 5.74) is 11.2. The highest BCUT2D eigenvalue weighted by molar-refractivity contribution is 5.68. The van der Waals surface area contributed by atoms with E-state index in [1.165, 1.54) is 0 Å². The molecule has 0 fully saturated rings. The van der Waals surface area contributed by atoms with E-state index in [0.717, 1.165) is 38.5 Å². The zero-order chi connectivity index (χ0) is 20.7. The van der Waals surface area contributed by atoms with E-state index in [9.17, 15) is 9.59 Å². The molecule has 0 saturated carbocycles. The van der Waals surface area contributed by atoms with Crippen LogP contribution in [-0.4, -0.2) is 49.6 Å². The van der Waals surface area contributed by atoms with Crippen molar-refractivity contribution < 1.29 is 19.1 Å². The van der Waals surface area contributed by atoms with Crippen LogP contribution in [-0.2, 0) is 9.47 Å². The van der Waals surface area contributed by atoms with Gasteiger partial charge in [0.2, 0.25) is 0 Å². The highest BCUT2D eigenvalue weighted by Gasteiger charge is 2.42. The molecule has 0 aromatic carbocycles. The molecule has 0 aliphatic heterocycles.